The number of halogens is 1. The Morgan fingerprint density at radius 2 is 1.05 bits per heavy atom. The summed E-state index contributed by atoms with van der Waals surface area (Å²) in [7, 11) is 7.51. The number of phenolic OH excluding ortho intramolecular Hbond substituents is 1. The molecular formula is C77H93ClN8O22S2Si. The number of methoxy groups -OCH3 is 3. The van der Waals surface area contributed by atoms with Gasteiger partial charge in [-0.25, -0.2) is 19.2 Å². The molecule has 12 heterocycles. The van der Waals surface area contributed by atoms with Gasteiger partial charge in [-0.3, -0.25) is 29.2 Å². The van der Waals surface area contributed by atoms with Crippen LogP contribution in [0.2, 0.25) is 19.6 Å². The van der Waals surface area contributed by atoms with Gasteiger partial charge in [-0.1, -0.05) is 57.1 Å². The third-order valence-electron chi connectivity index (χ3n) is 21.3. The van der Waals surface area contributed by atoms with Gasteiger partial charge in [0.15, 0.2) is 52.8 Å². The lowest BCUT2D eigenvalue weighted by atomic mass is 9.71. The number of nitrogens with one attached hydrogen (secondary N) is 2. The number of carbonyl (C=O) groups is 6. The molecule has 8 bridgehead atoms. The fourth-order valence-electron chi connectivity index (χ4n) is 17.2. The van der Waals surface area contributed by atoms with E-state index < -0.39 is 114 Å². The summed E-state index contributed by atoms with van der Waals surface area (Å²) in [5.41, 5.74) is 8.72. The summed E-state index contributed by atoms with van der Waals surface area (Å²) in [6.07, 6.45) is 2.21. The number of hydrogen-bond donors (Lipinski definition) is 3. The van der Waals surface area contributed by atoms with Gasteiger partial charge in [0.25, 0.3) is 0 Å². The normalized spacial score (nSPS) is 26.2. The molecule has 4 fully saturated rings. The van der Waals surface area contributed by atoms with Crippen LogP contribution in [-0.2, 0) is 60.4 Å². The molecule has 30 nitrogen and oxygen atoms in total. The van der Waals surface area contributed by atoms with Crippen molar-refractivity contribution in [1.82, 2.24) is 30.2 Å². The number of phenols is 1. The van der Waals surface area contributed by atoms with Crippen LogP contribution < -0.4 is 53.3 Å². The molecule has 111 heavy (non-hydrogen) atoms. The van der Waals surface area contributed by atoms with Gasteiger partial charge in [0.2, 0.25) is 13.6 Å². The molecule has 16 rings (SSSR count). The SMILES string of the molecule is C=CCOC(=O)N[C@@H]1CS[C@@H]2c3c(OC(C)=O)c(C)c4c(c3[C@H](COC1=O)N1C2[C@H]2c3c(cc(C)c(OC)c3O)C[C@@H]([C@@H]1C#N)N2C)OCO4.C=CCOC(=O)N[C@@H]1CS[C@@H]2c3c(OC(C)=O)c(C)c4c(c3[C@H](COC1=O)N1C2[C@H]2c3c(cc(C)c(OC)c3OCOCCOC)C[C@@H]([C@@H]1C#N)N2C)OCO4.C[Si](C)(C)Cl. The highest BCUT2D eigenvalue weighted by Gasteiger charge is 2.63. The van der Waals surface area contributed by atoms with E-state index in [-0.39, 0.29) is 76.1 Å². The number of fused-ring (bicyclic) bond motifs is 20. The Kier molecular flexibility index (Phi) is 24.9. The highest BCUT2D eigenvalue weighted by atomic mass is 35.6. The molecule has 0 aromatic heterocycles. The van der Waals surface area contributed by atoms with Crippen LogP contribution in [0.3, 0.4) is 0 Å². The Hall–Kier alpha value is -8.87. The van der Waals surface area contributed by atoms with Gasteiger partial charge in [-0.05, 0) is 76.9 Å². The molecule has 0 spiro atoms. The van der Waals surface area contributed by atoms with Crippen LogP contribution in [0.15, 0.2) is 37.4 Å². The molecule has 0 radical (unpaired) electrons. The van der Waals surface area contributed by atoms with Crippen molar-refractivity contribution in [3.8, 4) is 69.6 Å². The van der Waals surface area contributed by atoms with E-state index in [0.717, 1.165) is 27.8 Å². The first kappa shape index (κ1) is 81.6. The first-order chi connectivity index (χ1) is 53.1. The average molecular weight is 1610 g/mol. The Balaban J connectivity index is 0.000000195. The lowest BCUT2D eigenvalue weighted by Gasteiger charge is -2.61. The second kappa shape index (κ2) is 33.8. The number of rotatable bonds is 16. The molecule has 0 aliphatic carbocycles. The van der Waals surface area contributed by atoms with Gasteiger partial charge in [0, 0.05) is 101 Å². The number of piperazine rings is 2. The fourth-order valence-corrected chi connectivity index (χ4v) is 20.2. The number of hydrogen-bond acceptors (Lipinski definition) is 30. The van der Waals surface area contributed by atoms with E-state index in [2.05, 4.69) is 81.2 Å². The van der Waals surface area contributed by atoms with E-state index in [4.69, 9.17) is 82.1 Å². The number of benzene rings is 4. The van der Waals surface area contributed by atoms with Crippen molar-refractivity contribution >= 4 is 78.1 Å². The third kappa shape index (κ3) is 15.4. The minimum atomic E-state index is -1.14. The predicted molar refractivity (Wildman–Crippen MR) is 408 cm³/mol. The molecule has 2 amide bonds. The van der Waals surface area contributed by atoms with Crippen molar-refractivity contribution in [3.63, 3.8) is 0 Å². The number of carbonyl (C=O) groups excluding carboxylic acids is 6. The molecule has 596 valence electrons. The van der Waals surface area contributed by atoms with Gasteiger partial charge < -0.3 is 86.8 Å². The third-order valence-corrected chi connectivity index (χ3v) is 24.1. The molecule has 3 N–H and O–H groups in total. The van der Waals surface area contributed by atoms with Crippen molar-refractivity contribution in [2.24, 2.45) is 0 Å². The summed E-state index contributed by atoms with van der Waals surface area (Å²) < 4.78 is 87.7. The Bertz CT molecular complexity index is 4450. The van der Waals surface area contributed by atoms with Crippen molar-refractivity contribution in [1.29, 1.82) is 10.5 Å². The van der Waals surface area contributed by atoms with E-state index in [9.17, 15) is 44.4 Å². The van der Waals surface area contributed by atoms with Crippen LogP contribution in [0.4, 0.5) is 9.59 Å². The fraction of sp³-hybridized carbons (Fsp3) is 0.532. The van der Waals surface area contributed by atoms with Gasteiger partial charge in [0.1, 0.15) is 69.5 Å². The minimum absolute atomic E-state index is 0.0179. The summed E-state index contributed by atoms with van der Waals surface area (Å²) in [5.74, 6) is 1.37. The number of amides is 2. The van der Waals surface area contributed by atoms with E-state index >= 15 is 0 Å². The average Bonchev–Trinajstić information content (AvgIpc) is 1.58. The number of ether oxygens (including phenoxy) is 15. The number of aromatic hydroxyl groups is 1. The smallest absolute Gasteiger partial charge is 0.408 e. The van der Waals surface area contributed by atoms with Gasteiger partial charge in [-0.2, -0.15) is 21.6 Å². The maximum absolute atomic E-state index is 13.8. The Labute approximate surface area is 658 Å². The summed E-state index contributed by atoms with van der Waals surface area (Å²) >= 11 is 8.38. The van der Waals surface area contributed by atoms with Crippen LogP contribution >= 0.6 is 34.6 Å². The van der Waals surface area contributed by atoms with Gasteiger partial charge in [0.05, 0.1) is 74.2 Å². The number of alkyl carbamates (subject to hydrolysis) is 2. The van der Waals surface area contributed by atoms with Crippen molar-refractivity contribution in [2.75, 3.05) is 107 Å². The van der Waals surface area contributed by atoms with Gasteiger partial charge in [-0.15, -0.1) is 23.5 Å². The van der Waals surface area contributed by atoms with E-state index in [1.807, 2.05) is 34.0 Å². The standard InChI is InChI=1S/C39H46N4O12S.C35H38N4O10S.C3H9ClSi/c1-8-9-50-39(46)41-23-16-56-37-29-28(36-34(53-18-54-36)20(3)33(29)55-21(4)44)26(15-51-38(23)45)43-25(14-40)24-13-22-12-19(2)32(48-7)35(52-17-49-11-10-47-6)27(22)30(31(37)43)42(24)5;1-7-8-45-35(43)37-19-13-50-33-25-24(32-31(47-14-48-32)16(3)30(25)49-17(4)40)22(12-46-34(19)42)39-21(11-36)20-10-18-9-15(2)29(44-6)28(41)23(18)26(27(33)39)38(20)5;1-5(2,3)4/h8,12,23-26,30-31,37H,1,9-11,13,15-18H2,2-7H3,(H,41,46);7,9,19-22,26-27,33,41H,1,8,10,12-14H2,2-6H3,(H,37,43);1-3H3/t23-,24+,25+,26+,30-,31?,37-;19-,20+,21+,22+,26-,27?,33-;/m11./s1. The zero-order chi connectivity index (χ0) is 79.9. The van der Waals surface area contributed by atoms with Crippen LogP contribution in [0.1, 0.15) is 115 Å². The minimum Gasteiger partial charge on any atom is -0.504 e. The molecule has 34 heteroatoms. The topological polar surface area (TPSA) is 346 Å². The molecule has 12 aliphatic heterocycles. The lowest BCUT2D eigenvalue weighted by molar-refractivity contribution is -0.152. The molecule has 14 atom stereocenters. The first-order valence-corrected chi connectivity index (χ1v) is 42.9. The molecule has 4 saturated heterocycles. The quantitative estimate of drug-likeness (QED) is 0.0137. The van der Waals surface area contributed by atoms with Crippen LogP contribution in [0.25, 0.3) is 0 Å². The zero-order valence-corrected chi connectivity index (χ0v) is 67.8. The van der Waals surface area contributed by atoms with Crippen LogP contribution in [0, 0.1) is 50.4 Å². The summed E-state index contributed by atoms with van der Waals surface area (Å²) in [4.78, 5) is 87.0. The molecule has 4 aromatic carbocycles. The maximum Gasteiger partial charge on any atom is 0.408 e. The molecule has 12 aliphatic rings. The van der Waals surface area contributed by atoms with E-state index in [0.29, 0.717) is 117 Å². The maximum atomic E-state index is 13.8. The number of thioether (sulfide) groups is 2. The largest absolute Gasteiger partial charge is 0.504 e. The monoisotopic (exact) mass is 1610 g/mol. The molecular weight excluding hydrogens is 1520 g/mol. The first-order valence-electron chi connectivity index (χ1n) is 36.3. The van der Waals surface area contributed by atoms with Crippen LogP contribution in [0.5, 0.6) is 57.5 Å². The van der Waals surface area contributed by atoms with Crippen LogP contribution in [-0.4, -0.2) is 223 Å². The number of nitriles is 2. The number of likely N-dealkylation sites (N-methyl/N-ethyl adjacent to an activating group) is 2. The number of aryl methyl sites for hydroxylation is 2. The Morgan fingerprint density at radius 1 is 0.631 bits per heavy atom. The number of nitrogens with zero attached hydrogens (tertiary/aromatic N) is 6. The van der Waals surface area contributed by atoms with E-state index in [1.54, 1.807) is 28.1 Å². The van der Waals surface area contributed by atoms with Crippen molar-refractivity contribution < 1.29 is 105 Å². The van der Waals surface area contributed by atoms with Gasteiger partial charge >= 0.3 is 36.1 Å². The van der Waals surface area contributed by atoms with Crippen molar-refractivity contribution in [3.05, 3.63) is 104 Å². The molecule has 0 saturated carbocycles. The number of esters is 4. The van der Waals surface area contributed by atoms with E-state index in [1.165, 1.54) is 56.6 Å². The summed E-state index contributed by atoms with van der Waals surface area (Å²) in [6, 6.07) is 1.53. The zero-order valence-electron chi connectivity index (χ0n) is 64.4. The predicted octanol–water partition coefficient (Wildman–Crippen LogP) is 9.38. The highest BCUT2D eigenvalue weighted by molar-refractivity contribution is 7.99. The Morgan fingerprint density at radius 3 is 1.47 bits per heavy atom. The summed E-state index contributed by atoms with van der Waals surface area (Å²) in [6.45, 7) is 23.4. The summed E-state index contributed by atoms with van der Waals surface area (Å²) in [5, 5.41) is 38.0. The molecule has 4 aromatic rings. The molecule has 2 unspecified atom stereocenters. The highest BCUT2D eigenvalue weighted by Crippen LogP contribution is 2.67. The second-order valence-corrected chi connectivity index (χ2v) is 39.0. The van der Waals surface area contributed by atoms with Crippen molar-refractivity contribution in [2.45, 2.75) is 157 Å². The lowest BCUT2D eigenvalue weighted by Crippen LogP contribution is -2.69. The second-order valence-electron chi connectivity index (χ2n) is 29.1.